The Morgan fingerprint density at radius 2 is 0.565 bits per heavy atom. The first-order chi connectivity index (χ1) is 7.41. The summed E-state index contributed by atoms with van der Waals surface area (Å²) < 4.78 is 44.4. The third-order valence-electron chi connectivity index (χ3n) is 0.425. The summed E-state index contributed by atoms with van der Waals surface area (Å²) in [5.74, 6) is 0. The number of rotatable bonds is 4. The van der Waals surface area contributed by atoms with Crippen molar-refractivity contribution in [3.05, 3.63) is 0 Å². The molecule has 0 aromatic rings. The monoisotopic (exact) mass is 469 g/mol. The molecule has 0 aromatic carbocycles. The van der Waals surface area contributed by atoms with E-state index in [4.69, 9.17) is 39.1 Å². The molecule has 0 fully saturated rings. The van der Waals surface area contributed by atoms with Crippen LogP contribution >= 0.6 is 31.3 Å². The first-order valence-corrected chi connectivity index (χ1v) is 9.18. The fourth-order valence-electron chi connectivity index (χ4n) is 0.277. The van der Waals surface area contributed by atoms with Gasteiger partial charge < -0.3 is 51.0 Å². The van der Waals surface area contributed by atoms with Crippen LogP contribution in [0.2, 0.25) is 0 Å². The van der Waals surface area contributed by atoms with Crippen molar-refractivity contribution in [2.75, 3.05) is 0 Å². The molecule has 0 radical (unpaired) electrons. The quantitative estimate of drug-likeness (QED) is 0.136. The molecule has 0 saturated carbocycles. The minimum Gasteiger partial charge on any atom is -1.00 e. The van der Waals surface area contributed by atoms with Gasteiger partial charge in [0.15, 0.2) is 0 Å². The van der Waals surface area contributed by atoms with Crippen molar-refractivity contribution in [2.24, 2.45) is 0 Å². The zero-order valence-electron chi connectivity index (χ0n) is 16.5. The van der Waals surface area contributed by atoms with Crippen LogP contribution in [0.1, 0.15) is 5.71 Å². The second-order valence-corrected chi connectivity index (χ2v) is 7.36. The predicted molar refractivity (Wildman–Crippen MR) is 59.8 cm³/mol. The average molecular weight is 469 g/mol. The van der Waals surface area contributed by atoms with E-state index in [0.29, 0.717) is 0 Å². The van der Waals surface area contributed by atoms with Gasteiger partial charge in [-0.25, -0.2) is 18.3 Å². The molecule has 0 aromatic heterocycles. The maximum Gasteiger partial charge on any atom is 1.00 e. The Morgan fingerprint density at radius 3 is 0.565 bits per heavy atom. The van der Waals surface area contributed by atoms with Crippen molar-refractivity contribution in [1.82, 2.24) is 6.15 Å². The summed E-state index contributed by atoms with van der Waals surface area (Å²) in [6.07, 6.45) is 0. The maximum atomic E-state index is 9.63. The molecule has 0 spiro atoms. The van der Waals surface area contributed by atoms with E-state index in [9.17, 15) is 18.3 Å². The molecule has 0 aliphatic heterocycles. The minimum absolute atomic E-state index is 0. The molecule has 23 heavy (non-hydrogen) atoms. The van der Waals surface area contributed by atoms with Gasteiger partial charge in [-0.3, -0.25) is 0 Å². The number of hydrogen-bond acceptors (Lipinski definition) is 7. The van der Waals surface area contributed by atoms with E-state index in [1.165, 1.54) is 0 Å². The fraction of sp³-hybridized carbons (Fsp3) is 0. The van der Waals surface area contributed by atoms with Crippen LogP contribution in [-0.2, 0) is 26.9 Å². The summed E-state index contributed by atoms with van der Waals surface area (Å²) in [5, 5.41) is 0. The topological polar surface area (TPSA) is 284 Å². The van der Waals surface area contributed by atoms with Crippen molar-refractivity contribution in [3.8, 4) is 0 Å². The first kappa shape index (κ1) is 45.9. The Morgan fingerprint density at radius 1 is 0.478 bits per heavy atom. The summed E-state index contributed by atoms with van der Waals surface area (Å²) in [5.41, 5.74) is 0. The summed E-state index contributed by atoms with van der Waals surface area (Å²) >= 11 is 0. The van der Waals surface area contributed by atoms with Crippen LogP contribution in [0.15, 0.2) is 0 Å². The van der Waals surface area contributed by atoms with Crippen molar-refractivity contribution in [3.63, 3.8) is 0 Å². The van der Waals surface area contributed by atoms with Crippen LogP contribution in [0.4, 0.5) is 0 Å². The molecule has 0 aliphatic carbocycles. The van der Waals surface area contributed by atoms with E-state index in [2.05, 4.69) is 8.62 Å². The van der Waals surface area contributed by atoms with Crippen molar-refractivity contribution >= 4 is 31.3 Å². The van der Waals surface area contributed by atoms with Gasteiger partial charge in [0.2, 0.25) is 0 Å². The molecule has 0 atom stereocenters. The molecule has 0 aliphatic rings. The van der Waals surface area contributed by atoms with Gasteiger partial charge in [0, 0.05) is 0 Å². The normalized spacial score (nSPS) is 10.8. The van der Waals surface area contributed by atoms with Crippen LogP contribution in [-0.4, -0.2) is 39.1 Å². The Bertz CT molecular complexity index is 374. The van der Waals surface area contributed by atoms with Crippen LogP contribution in [0, 0.1) is 0 Å². The largest absolute Gasteiger partial charge is 1.00 e. The number of hydrogen-bond donors (Lipinski definition) is 9. The van der Waals surface area contributed by atoms with E-state index < -0.39 is 31.3 Å². The van der Waals surface area contributed by atoms with Crippen molar-refractivity contribution < 1.29 is 190 Å². The summed E-state index contributed by atoms with van der Waals surface area (Å²) in [4.78, 5) is 62.0. The summed E-state index contributed by atoms with van der Waals surface area (Å²) in [7, 11) is -20.2. The van der Waals surface area contributed by atoms with Gasteiger partial charge >= 0.3 is 150 Å². The Hall–Kier alpha value is 4.48. The molecule has 0 saturated heterocycles. The van der Waals surface area contributed by atoms with E-state index in [-0.39, 0.29) is 130 Å². The Labute approximate surface area is 224 Å². The van der Waals surface area contributed by atoms with E-state index >= 15 is 0 Å². The molecule has 0 rings (SSSR count). The van der Waals surface area contributed by atoms with Crippen LogP contribution in [0.3, 0.4) is 0 Å². The Balaban J connectivity index is -0.0000000158. The predicted octanol–water partition coefficient (Wildman–Crippen LogP) is -13.0. The molecule has 128 valence electrons. The van der Waals surface area contributed by atoms with E-state index in [1.54, 1.807) is 0 Å². The molecule has 0 heterocycles. The van der Waals surface area contributed by atoms with Crippen molar-refractivity contribution in [1.29, 1.82) is 0 Å². The SMILES string of the molecule is N.O=P(O)(O)OP(=O)(O)O.O=P(O)(O)OP(=O)(O)O.[H-].[H-].[H-].[H-].[Na+].[Na+].[Na+].[Na+]. The fourth-order valence-corrected chi connectivity index (χ4v) is 2.49. The number of phosphoric acid groups is 4. The zero-order valence-corrected chi connectivity index (χ0v) is 24.1. The molecular formula is H15NNa4O14P4. The second kappa shape index (κ2) is 18.5. The van der Waals surface area contributed by atoms with E-state index in [0.717, 1.165) is 0 Å². The maximum absolute atomic E-state index is 9.63. The molecule has 23 heteroatoms. The summed E-state index contributed by atoms with van der Waals surface area (Å²) in [6.45, 7) is 0. The summed E-state index contributed by atoms with van der Waals surface area (Å²) in [6, 6.07) is 0. The Kier molecular flexibility index (Phi) is 37.0. The second-order valence-electron chi connectivity index (χ2n) is 2.13. The van der Waals surface area contributed by atoms with Crippen LogP contribution in [0.25, 0.3) is 0 Å². The van der Waals surface area contributed by atoms with Crippen LogP contribution < -0.4 is 124 Å². The molecule has 0 unspecified atom stereocenters. The van der Waals surface area contributed by atoms with Gasteiger partial charge in [-0.2, -0.15) is 8.62 Å². The van der Waals surface area contributed by atoms with Gasteiger partial charge in [0.05, 0.1) is 0 Å². The third-order valence-corrected chi connectivity index (χ3v) is 3.83. The molecule has 0 amide bonds. The minimum atomic E-state index is -5.05. The van der Waals surface area contributed by atoms with Gasteiger partial charge in [-0.1, -0.05) is 0 Å². The molecule has 15 nitrogen and oxygen atoms in total. The standard InChI is InChI=1S/H3N.4Na.2H4O7P2.4H/c;;;;;2*1-8(2,3)7-9(4,5)6;;;;/h1H3;;;;;2*(H2,1,2,3)(H2,4,5,6);;;;/q;4*+1;;;4*-1. The van der Waals surface area contributed by atoms with Gasteiger partial charge in [0.1, 0.15) is 0 Å². The first-order valence-electron chi connectivity index (χ1n) is 3.06. The average Bonchev–Trinajstić information content (AvgIpc) is 1.64. The van der Waals surface area contributed by atoms with E-state index in [1.807, 2.05) is 0 Å². The van der Waals surface area contributed by atoms with Gasteiger partial charge in [0.25, 0.3) is 0 Å². The van der Waals surface area contributed by atoms with Gasteiger partial charge in [-0.15, -0.1) is 0 Å². The zero-order chi connectivity index (χ0) is 15.4. The third kappa shape index (κ3) is 58.4. The molecular weight excluding hydrogens is 454 g/mol. The smallest absolute Gasteiger partial charge is 1.00 e. The molecule has 0 bridgehead atoms. The van der Waals surface area contributed by atoms with Crippen LogP contribution in [0.5, 0.6) is 0 Å². The molecule has 11 N–H and O–H groups in total. The van der Waals surface area contributed by atoms with Gasteiger partial charge in [-0.05, 0) is 0 Å². The van der Waals surface area contributed by atoms with Crippen molar-refractivity contribution in [2.45, 2.75) is 0 Å².